The van der Waals surface area contributed by atoms with Crippen LogP contribution < -0.4 is 29.6 Å². The number of benzene rings is 2. The van der Waals surface area contributed by atoms with Gasteiger partial charge in [0.25, 0.3) is 5.91 Å². The van der Waals surface area contributed by atoms with Crippen LogP contribution in [0.5, 0.6) is 28.7 Å². The molecule has 2 aromatic carbocycles. The van der Waals surface area contributed by atoms with Gasteiger partial charge in [-0.3, -0.25) is 10.1 Å². The lowest BCUT2D eigenvalue weighted by atomic mass is 9.82. The minimum absolute atomic E-state index is 0.180. The lowest BCUT2D eigenvalue weighted by molar-refractivity contribution is -0.122. The molecule has 0 radical (unpaired) electrons. The molecule has 1 fully saturated rings. The lowest BCUT2D eigenvalue weighted by Gasteiger charge is -2.28. The molecule has 0 aliphatic carbocycles. The molecular formula is C19H20N2O7. The summed E-state index contributed by atoms with van der Waals surface area (Å²) < 4.78 is 21.1. The molecule has 2 aromatic rings. The number of carbonyl (C=O) groups excluding carboxylic acids is 2. The van der Waals surface area contributed by atoms with Crippen molar-refractivity contribution in [2.24, 2.45) is 0 Å². The molecule has 9 heteroatoms. The van der Waals surface area contributed by atoms with Gasteiger partial charge >= 0.3 is 6.03 Å². The number of phenolic OH excluding ortho intramolecular Hbond substituents is 1. The van der Waals surface area contributed by atoms with Crippen molar-refractivity contribution in [2.45, 2.75) is 5.54 Å². The van der Waals surface area contributed by atoms with E-state index >= 15 is 0 Å². The topological polar surface area (TPSA) is 115 Å². The zero-order valence-corrected chi connectivity index (χ0v) is 15.8. The maximum Gasteiger partial charge on any atom is 0.322 e. The van der Waals surface area contributed by atoms with Crippen LogP contribution >= 0.6 is 0 Å². The first-order chi connectivity index (χ1) is 13.4. The van der Waals surface area contributed by atoms with Crippen molar-refractivity contribution in [3.05, 3.63) is 41.5 Å². The van der Waals surface area contributed by atoms with E-state index in [1.165, 1.54) is 40.6 Å². The zero-order valence-electron chi connectivity index (χ0n) is 15.8. The van der Waals surface area contributed by atoms with Gasteiger partial charge in [-0.15, -0.1) is 0 Å². The second kappa shape index (κ2) is 7.18. The van der Waals surface area contributed by atoms with Gasteiger partial charge in [0, 0.05) is 0 Å². The third kappa shape index (κ3) is 2.81. The van der Waals surface area contributed by atoms with Gasteiger partial charge in [0.05, 0.1) is 28.4 Å². The zero-order chi connectivity index (χ0) is 20.5. The molecule has 3 amide bonds. The van der Waals surface area contributed by atoms with Gasteiger partial charge in [-0.1, -0.05) is 6.07 Å². The molecule has 1 saturated heterocycles. The monoisotopic (exact) mass is 388 g/mol. The summed E-state index contributed by atoms with van der Waals surface area (Å²) in [6.07, 6.45) is 0. The lowest BCUT2D eigenvalue weighted by Crippen LogP contribution is -2.44. The summed E-state index contributed by atoms with van der Waals surface area (Å²) >= 11 is 0. The molecule has 1 unspecified atom stereocenters. The van der Waals surface area contributed by atoms with Crippen LogP contribution in [-0.2, 0) is 10.3 Å². The molecule has 0 aromatic heterocycles. The molecule has 1 heterocycles. The van der Waals surface area contributed by atoms with E-state index in [2.05, 4.69) is 10.6 Å². The molecule has 0 spiro atoms. The molecule has 3 rings (SSSR count). The largest absolute Gasteiger partial charge is 0.504 e. The molecule has 148 valence electrons. The number of carbonyl (C=O) groups is 2. The number of methoxy groups -OCH3 is 4. The van der Waals surface area contributed by atoms with Crippen LogP contribution in [0.15, 0.2) is 30.3 Å². The summed E-state index contributed by atoms with van der Waals surface area (Å²) in [6, 6.07) is 6.89. The Labute approximate surface area is 161 Å². The Hall–Kier alpha value is -3.62. The van der Waals surface area contributed by atoms with Crippen LogP contribution in [-0.4, -0.2) is 45.5 Å². The molecule has 0 saturated carbocycles. The maximum absolute atomic E-state index is 12.9. The maximum atomic E-state index is 12.9. The van der Waals surface area contributed by atoms with Crippen molar-refractivity contribution in [1.29, 1.82) is 0 Å². The van der Waals surface area contributed by atoms with Crippen molar-refractivity contribution in [3.8, 4) is 28.7 Å². The molecule has 9 nitrogen and oxygen atoms in total. The highest BCUT2D eigenvalue weighted by atomic mass is 16.5. The number of nitrogens with one attached hydrogen (secondary N) is 2. The minimum Gasteiger partial charge on any atom is -0.504 e. The van der Waals surface area contributed by atoms with Gasteiger partial charge in [0.2, 0.25) is 5.75 Å². The number of hydrogen-bond donors (Lipinski definition) is 3. The van der Waals surface area contributed by atoms with Crippen molar-refractivity contribution in [3.63, 3.8) is 0 Å². The average Bonchev–Trinajstić information content (AvgIpc) is 3.01. The fourth-order valence-electron chi connectivity index (χ4n) is 3.25. The number of aromatic hydroxyl groups is 1. The number of rotatable bonds is 6. The van der Waals surface area contributed by atoms with Crippen molar-refractivity contribution >= 4 is 11.9 Å². The minimum atomic E-state index is -1.62. The van der Waals surface area contributed by atoms with Gasteiger partial charge in [0.1, 0.15) is 0 Å². The normalized spacial score (nSPS) is 18.3. The first-order valence-corrected chi connectivity index (χ1v) is 8.22. The molecule has 1 aliphatic heterocycles. The van der Waals surface area contributed by atoms with Crippen LogP contribution in [0.4, 0.5) is 4.79 Å². The van der Waals surface area contributed by atoms with E-state index < -0.39 is 17.5 Å². The van der Waals surface area contributed by atoms with E-state index in [0.29, 0.717) is 28.4 Å². The fourth-order valence-corrected chi connectivity index (χ4v) is 3.25. The highest BCUT2D eigenvalue weighted by molar-refractivity contribution is 6.09. The highest BCUT2D eigenvalue weighted by Crippen LogP contribution is 2.44. The first-order valence-electron chi connectivity index (χ1n) is 8.22. The summed E-state index contributed by atoms with van der Waals surface area (Å²) in [5.74, 6) is 0.391. The van der Waals surface area contributed by atoms with Gasteiger partial charge in [0.15, 0.2) is 28.5 Å². The average molecular weight is 388 g/mol. The summed E-state index contributed by atoms with van der Waals surface area (Å²) in [5, 5.41) is 15.1. The fraction of sp³-hybridized carbons (Fsp3) is 0.263. The van der Waals surface area contributed by atoms with E-state index in [9.17, 15) is 14.7 Å². The highest BCUT2D eigenvalue weighted by Gasteiger charge is 2.50. The van der Waals surface area contributed by atoms with Crippen LogP contribution in [0.1, 0.15) is 11.1 Å². The molecule has 3 N–H and O–H groups in total. The summed E-state index contributed by atoms with van der Waals surface area (Å²) in [5.41, 5.74) is -0.938. The smallest absolute Gasteiger partial charge is 0.322 e. The Kier molecular flexibility index (Phi) is 4.91. The Balaban J connectivity index is 2.30. The number of hydrogen-bond acceptors (Lipinski definition) is 7. The Morgan fingerprint density at radius 1 is 0.821 bits per heavy atom. The van der Waals surface area contributed by atoms with E-state index in [1.54, 1.807) is 18.2 Å². The molecule has 1 atom stereocenters. The first kappa shape index (κ1) is 19.2. The SMILES string of the molecule is COc1ccc(C2(c3cc(OC)c(OC)c(OC)c3)NC(=O)NC2=O)cc1O. The molecule has 28 heavy (non-hydrogen) atoms. The van der Waals surface area contributed by atoms with E-state index in [1.807, 2.05) is 0 Å². The van der Waals surface area contributed by atoms with Gasteiger partial charge < -0.3 is 29.4 Å². The van der Waals surface area contributed by atoms with Crippen LogP contribution in [0.25, 0.3) is 0 Å². The third-order valence-electron chi connectivity index (χ3n) is 4.58. The molecule has 0 bridgehead atoms. The number of phenols is 1. The Bertz CT molecular complexity index is 919. The third-order valence-corrected chi connectivity index (χ3v) is 4.58. The van der Waals surface area contributed by atoms with E-state index in [0.717, 1.165) is 0 Å². The molecule has 1 aliphatic rings. The summed E-state index contributed by atoms with van der Waals surface area (Å²) in [4.78, 5) is 24.9. The number of amides is 3. The molecular weight excluding hydrogens is 368 g/mol. The predicted molar refractivity (Wildman–Crippen MR) is 98.2 cm³/mol. The van der Waals surface area contributed by atoms with Gasteiger partial charge in [-0.05, 0) is 35.4 Å². The summed E-state index contributed by atoms with van der Waals surface area (Å²) in [6.45, 7) is 0. The van der Waals surface area contributed by atoms with Gasteiger partial charge in [-0.2, -0.15) is 0 Å². The number of ether oxygens (including phenoxy) is 4. The Morgan fingerprint density at radius 3 is 1.86 bits per heavy atom. The van der Waals surface area contributed by atoms with Crippen LogP contribution in [0.3, 0.4) is 0 Å². The van der Waals surface area contributed by atoms with E-state index in [-0.39, 0.29) is 11.5 Å². The number of urea groups is 1. The number of imide groups is 1. The second-order valence-corrected chi connectivity index (χ2v) is 5.96. The second-order valence-electron chi connectivity index (χ2n) is 5.96. The van der Waals surface area contributed by atoms with Crippen molar-refractivity contribution in [2.75, 3.05) is 28.4 Å². The quantitative estimate of drug-likeness (QED) is 0.643. The summed E-state index contributed by atoms with van der Waals surface area (Å²) in [7, 11) is 5.76. The van der Waals surface area contributed by atoms with Crippen molar-refractivity contribution in [1.82, 2.24) is 10.6 Å². The Morgan fingerprint density at radius 2 is 1.43 bits per heavy atom. The van der Waals surface area contributed by atoms with Crippen LogP contribution in [0.2, 0.25) is 0 Å². The van der Waals surface area contributed by atoms with E-state index in [4.69, 9.17) is 18.9 Å². The standard InChI is InChI=1S/C19H20N2O7/c1-25-13-6-5-10(7-12(13)22)19(17(23)20-18(24)21-19)11-8-14(26-2)16(28-4)15(9-11)27-3/h5-9,22H,1-4H3,(H2,20,21,23,24). The van der Waals surface area contributed by atoms with Crippen molar-refractivity contribution < 1.29 is 33.6 Å². The van der Waals surface area contributed by atoms with Gasteiger partial charge in [-0.25, -0.2) is 4.79 Å². The predicted octanol–water partition coefficient (Wildman–Crippen LogP) is 1.51. The van der Waals surface area contributed by atoms with Crippen LogP contribution in [0, 0.1) is 0 Å².